The molecule has 0 saturated heterocycles. The van der Waals surface area contributed by atoms with Gasteiger partial charge in [0.25, 0.3) is 5.91 Å². The van der Waals surface area contributed by atoms with E-state index in [9.17, 15) is 4.79 Å². The van der Waals surface area contributed by atoms with Gasteiger partial charge in [0.1, 0.15) is 9.71 Å². The molecule has 0 fully saturated rings. The Morgan fingerprint density at radius 1 is 1.24 bits per heavy atom. The molecule has 3 rings (SSSR count). The van der Waals surface area contributed by atoms with Crippen LogP contribution in [0.5, 0.6) is 0 Å². The molecule has 0 aliphatic rings. The van der Waals surface area contributed by atoms with Crippen LogP contribution in [0.15, 0.2) is 42.6 Å². The smallest absolute Gasteiger partial charge is 0.270 e. The van der Waals surface area contributed by atoms with Gasteiger partial charge in [0.05, 0.1) is 5.69 Å². The minimum Gasteiger partial charge on any atom is -0.397 e. The lowest BCUT2D eigenvalue weighted by Crippen LogP contribution is -2.25. The van der Waals surface area contributed by atoms with Gasteiger partial charge in [0.15, 0.2) is 0 Å². The first kappa shape index (κ1) is 13.6. The number of nitrogen functional groups attached to an aromatic ring is 1. The van der Waals surface area contributed by atoms with E-state index in [-0.39, 0.29) is 5.91 Å². The minimum atomic E-state index is -0.110. The number of para-hydroxylation sites is 1. The number of nitrogens with two attached hydrogens (primary N) is 1. The van der Waals surface area contributed by atoms with E-state index in [1.807, 2.05) is 43.3 Å². The molecule has 0 radical (unpaired) electrons. The topological polar surface area (TPSA) is 59.2 Å². The standard InChI is InChI=1S/C16H15N3OS/c1-10-8-9-18-15-12(10)13(17)14(21-15)16(20)19(2)11-6-4-3-5-7-11/h3-9H,17H2,1-2H3. The predicted octanol–water partition coefficient (Wildman–Crippen LogP) is 3.46. The summed E-state index contributed by atoms with van der Waals surface area (Å²) >= 11 is 1.34. The molecule has 0 saturated carbocycles. The number of hydrogen-bond acceptors (Lipinski definition) is 4. The Kier molecular flexibility index (Phi) is 3.35. The maximum Gasteiger partial charge on any atom is 0.270 e. The number of anilines is 2. The van der Waals surface area contributed by atoms with E-state index < -0.39 is 0 Å². The number of aromatic nitrogens is 1. The molecular weight excluding hydrogens is 282 g/mol. The summed E-state index contributed by atoms with van der Waals surface area (Å²) in [6.45, 7) is 1.97. The van der Waals surface area contributed by atoms with Crippen LogP contribution < -0.4 is 10.6 Å². The van der Waals surface area contributed by atoms with Crippen molar-refractivity contribution in [3.05, 3.63) is 53.0 Å². The molecule has 1 aromatic carbocycles. The van der Waals surface area contributed by atoms with Crippen molar-refractivity contribution in [3.63, 3.8) is 0 Å². The molecule has 0 atom stereocenters. The van der Waals surface area contributed by atoms with E-state index in [1.54, 1.807) is 18.1 Å². The van der Waals surface area contributed by atoms with Crippen molar-refractivity contribution in [1.29, 1.82) is 0 Å². The molecule has 0 unspecified atom stereocenters. The van der Waals surface area contributed by atoms with E-state index in [2.05, 4.69) is 4.98 Å². The van der Waals surface area contributed by atoms with Gasteiger partial charge < -0.3 is 10.6 Å². The van der Waals surface area contributed by atoms with Gasteiger partial charge in [-0.3, -0.25) is 4.79 Å². The van der Waals surface area contributed by atoms with Crippen LogP contribution in [0.25, 0.3) is 10.2 Å². The van der Waals surface area contributed by atoms with Gasteiger partial charge >= 0.3 is 0 Å². The quantitative estimate of drug-likeness (QED) is 0.788. The summed E-state index contributed by atoms with van der Waals surface area (Å²) in [4.78, 5) is 19.9. The molecule has 2 aromatic heterocycles. The average molecular weight is 297 g/mol. The second kappa shape index (κ2) is 5.18. The maximum absolute atomic E-state index is 12.7. The molecule has 1 amide bonds. The SMILES string of the molecule is Cc1ccnc2sc(C(=O)N(C)c3ccccc3)c(N)c12. The van der Waals surface area contributed by atoms with Crippen molar-refractivity contribution < 1.29 is 4.79 Å². The van der Waals surface area contributed by atoms with Crippen molar-refractivity contribution in [2.75, 3.05) is 17.7 Å². The molecule has 4 nitrogen and oxygen atoms in total. The monoisotopic (exact) mass is 297 g/mol. The maximum atomic E-state index is 12.7. The molecule has 2 N–H and O–H groups in total. The van der Waals surface area contributed by atoms with Gasteiger partial charge in [-0.25, -0.2) is 4.98 Å². The third kappa shape index (κ3) is 2.25. The van der Waals surface area contributed by atoms with Crippen LogP contribution in [-0.4, -0.2) is 17.9 Å². The van der Waals surface area contributed by atoms with E-state index in [0.717, 1.165) is 21.5 Å². The zero-order valence-corrected chi connectivity index (χ0v) is 12.6. The Bertz CT molecular complexity index is 811. The third-order valence-corrected chi connectivity index (χ3v) is 4.58. The highest BCUT2D eigenvalue weighted by Crippen LogP contribution is 2.35. The van der Waals surface area contributed by atoms with Crippen LogP contribution in [0.4, 0.5) is 11.4 Å². The number of thiophene rings is 1. The van der Waals surface area contributed by atoms with Gasteiger partial charge in [0, 0.05) is 24.3 Å². The molecule has 5 heteroatoms. The molecular formula is C16H15N3OS. The predicted molar refractivity (Wildman–Crippen MR) is 87.9 cm³/mol. The number of carbonyl (C=O) groups is 1. The highest BCUT2D eigenvalue weighted by molar-refractivity contribution is 7.21. The summed E-state index contributed by atoms with van der Waals surface area (Å²) in [5, 5.41) is 0.882. The van der Waals surface area contributed by atoms with Crippen molar-refractivity contribution in [2.45, 2.75) is 6.92 Å². The van der Waals surface area contributed by atoms with Gasteiger partial charge in [0.2, 0.25) is 0 Å². The summed E-state index contributed by atoms with van der Waals surface area (Å²) in [6, 6.07) is 11.4. The highest BCUT2D eigenvalue weighted by atomic mass is 32.1. The van der Waals surface area contributed by atoms with Crippen LogP contribution in [0, 0.1) is 6.92 Å². The summed E-state index contributed by atoms with van der Waals surface area (Å²) in [6.07, 6.45) is 1.74. The Morgan fingerprint density at radius 2 is 1.95 bits per heavy atom. The van der Waals surface area contributed by atoms with Crippen LogP contribution in [0.1, 0.15) is 15.2 Å². The lowest BCUT2D eigenvalue weighted by molar-refractivity contribution is 0.0997. The van der Waals surface area contributed by atoms with Crippen LogP contribution in [-0.2, 0) is 0 Å². The molecule has 3 aromatic rings. The number of amides is 1. The molecule has 106 valence electrons. The number of hydrogen-bond donors (Lipinski definition) is 1. The van der Waals surface area contributed by atoms with Crippen LogP contribution in [0.3, 0.4) is 0 Å². The number of benzene rings is 1. The van der Waals surface area contributed by atoms with Crippen molar-refractivity contribution in [1.82, 2.24) is 4.98 Å². The number of aryl methyl sites for hydroxylation is 1. The van der Waals surface area contributed by atoms with E-state index >= 15 is 0 Å². The first-order valence-electron chi connectivity index (χ1n) is 6.56. The highest BCUT2D eigenvalue weighted by Gasteiger charge is 2.21. The zero-order valence-electron chi connectivity index (χ0n) is 11.8. The Morgan fingerprint density at radius 3 is 2.62 bits per heavy atom. The molecule has 0 aliphatic heterocycles. The van der Waals surface area contributed by atoms with E-state index in [0.29, 0.717) is 10.6 Å². The summed E-state index contributed by atoms with van der Waals surface area (Å²) in [5.41, 5.74) is 8.58. The van der Waals surface area contributed by atoms with Crippen molar-refractivity contribution in [3.8, 4) is 0 Å². The second-order valence-corrected chi connectivity index (χ2v) is 5.85. The van der Waals surface area contributed by atoms with Crippen molar-refractivity contribution in [2.24, 2.45) is 0 Å². The normalized spacial score (nSPS) is 10.8. The van der Waals surface area contributed by atoms with Gasteiger partial charge in [-0.05, 0) is 30.7 Å². The molecule has 2 heterocycles. The largest absolute Gasteiger partial charge is 0.397 e. The Balaban J connectivity index is 2.06. The number of pyridine rings is 1. The Labute approximate surface area is 126 Å². The summed E-state index contributed by atoms with van der Waals surface area (Å²) in [5.74, 6) is -0.110. The Hall–Kier alpha value is -2.40. The van der Waals surface area contributed by atoms with E-state index in [1.165, 1.54) is 11.3 Å². The van der Waals surface area contributed by atoms with Crippen LogP contribution in [0.2, 0.25) is 0 Å². The summed E-state index contributed by atoms with van der Waals surface area (Å²) < 4.78 is 0. The number of nitrogens with zero attached hydrogens (tertiary/aromatic N) is 2. The zero-order chi connectivity index (χ0) is 15.0. The second-order valence-electron chi connectivity index (χ2n) is 4.85. The van der Waals surface area contributed by atoms with Gasteiger partial charge in [-0.1, -0.05) is 18.2 Å². The number of rotatable bonds is 2. The molecule has 21 heavy (non-hydrogen) atoms. The average Bonchev–Trinajstić information content (AvgIpc) is 2.85. The molecule has 0 spiro atoms. The third-order valence-electron chi connectivity index (χ3n) is 3.48. The molecule has 0 aliphatic carbocycles. The van der Waals surface area contributed by atoms with Crippen molar-refractivity contribution >= 4 is 38.8 Å². The van der Waals surface area contributed by atoms with Crippen LogP contribution >= 0.6 is 11.3 Å². The fourth-order valence-corrected chi connectivity index (χ4v) is 3.40. The first-order valence-corrected chi connectivity index (χ1v) is 7.38. The summed E-state index contributed by atoms with van der Waals surface area (Å²) in [7, 11) is 1.75. The van der Waals surface area contributed by atoms with E-state index in [4.69, 9.17) is 5.73 Å². The fraction of sp³-hybridized carbons (Fsp3) is 0.125. The van der Waals surface area contributed by atoms with Gasteiger partial charge in [-0.2, -0.15) is 0 Å². The number of fused-ring (bicyclic) bond motifs is 1. The number of carbonyl (C=O) groups excluding carboxylic acids is 1. The lowest BCUT2D eigenvalue weighted by atomic mass is 10.1. The molecule has 0 bridgehead atoms. The first-order chi connectivity index (χ1) is 10.1. The fourth-order valence-electron chi connectivity index (χ4n) is 2.28. The lowest BCUT2D eigenvalue weighted by Gasteiger charge is -2.16. The minimum absolute atomic E-state index is 0.110. The van der Waals surface area contributed by atoms with Gasteiger partial charge in [-0.15, -0.1) is 11.3 Å².